The molecule has 116 valence electrons. The summed E-state index contributed by atoms with van der Waals surface area (Å²) in [5.74, 6) is -1.33. The number of ether oxygens (including phenoxy) is 2. The van der Waals surface area contributed by atoms with Gasteiger partial charge < -0.3 is 19.5 Å². The second-order valence-corrected chi connectivity index (χ2v) is 7.62. The number of rotatable bonds is 5. The van der Waals surface area contributed by atoms with Crippen molar-refractivity contribution < 1.29 is 24.2 Å². The third-order valence-corrected chi connectivity index (χ3v) is 6.39. The molecule has 1 N–H and O–H groups in total. The van der Waals surface area contributed by atoms with Crippen molar-refractivity contribution in [3.8, 4) is 0 Å². The van der Waals surface area contributed by atoms with E-state index in [4.69, 9.17) is 9.47 Å². The van der Waals surface area contributed by atoms with Gasteiger partial charge >= 0.3 is 5.97 Å². The van der Waals surface area contributed by atoms with E-state index in [1.807, 2.05) is 0 Å². The summed E-state index contributed by atoms with van der Waals surface area (Å²) in [5.41, 5.74) is 0. The van der Waals surface area contributed by atoms with Crippen LogP contribution in [0.15, 0.2) is 14.3 Å². The zero-order valence-corrected chi connectivity index (χ0v) is 15.0. The number of carboxylic acid groups (broad SMARTS) is 1. The van der Waals surface area contributed by atoms with Gasteiger partial charge in [-0.05, 0) is 37.9 Å². The van der Waals surface area contributed by atoms with Gasteiger partial charge in [0.1, 0.15) is 12.6 Å². The summed E-state index contributed by atoms with van der Waals surface area (Å²) in [6.45, 7) is 0.424. The number of amides is 1. The molecule has 1 saturated heterocycles. The summed E-state index contributed by atoms with van der Waals surface area (Å²) in [6.07, 6.45) is -1.09. The molecular formula is C12H13Br2NO5S. The Bertz CT molecular complexity index is 530. The Labute approximate surface area is 142 Å². The topological polar surface area (TPSA) is 76.1 Å². The largest absolute Gasteiger partial charge is 0.479 e. The molecule has 21 heavy (non-hydrogen) atoms. The van der Waals surface area contributed by atoms with E-state index in [0.29, 0.717) is 13.2 Å². The molecule has 2 atom stereocenters. The van der Waals surface area contributed by atoms with Crippen LogP contribution >= 0.6 is 43.2 Å². The van der Waals surface area contributed by atoms with Crippen LogP contribution in [0.2, 0.25) is 0 Å². The third kappa shape index (κ3) is 3.65. The van der Waals surface area contributed by atoms with E-state index in [2.05, 4.69) is 31.9 Å². The van der Waals surface area contributed by atoms with Gasteiger partial charge in [-0.15, -0.1) is 11.3 Å². The van der Waals surface area contributed by atoms with Crippen LogP contribution in [0.1, 0.15) is 10.9 Å². The maximum atomic E-state index is 12.1. The van der Waals surface area contributed by atoms with Crippen molar-refractivity contribution in [3.63, 3.8) is 0 Å². The molecule has 1 fully saturated rings. The van der Waals surface area contributed by atoms with Crippen LogP contribution in [-0.4, -0.2) is 54.9 Å². The van der Waals surface area contributed by atoms with Gasteiger partial charge in [-0.1, -0.05) is 0 Å². The van der Waals surface area contributed by atoms with E-state index in [1.165, 1.54) is 23.3 Å². The highest BCUT2D eigenvalue weighted by Crippen LogP contribution is 2.40. The van der Waals surface area contributed by atoms with Crippen molar-refractivity contribution in [2.45, 2.75) is 12.1 Å². The van der Waals surface area contributed by atoms with Crippen LogP contribution in [0.25, 0.3) is 0 Å². The lowest BCUT2D eigenvalue weighted by Crippen LogP contribution is -2.52. The summed E-state index contributed by atoms with van der Waals surface area (Å²) < 4.78 is 11.9. The zero-order chi connectivity index (χ0) is 15.6. The number of aliphatic carboxylic acids is 1. The van der Waals surface area contributed by atoms with E-state index >= 15 is 0 Å². The van der Waals surface area contributed by atoms with E-state index in [1.54, 1.807) is 6.07 Å². The molecule has 2 heterocycles. The fourth-order valence-electron chi connectivity index (χ4n) is 2.13. The number of carboxylic acids is 1. The van der Waals surface area contributed by atoms with E-state index < -0.39 is 18.1 Å². The first-order valence-electron chi connectivity index (χ1n) is 6.03. The lowest BCUT2D eigenvalue weighted by Gasteiger charge is -2.38. The Balaban J connectivity index is 2.38. The van der Waals surface area contributed by atoms with Crippen molar-refractivity contribution in [1.82, 2.24) is 4.90 Å². The fourth-order valence-corrected chi connectivity index (χ4v) is 4.35. The molecule has 0 saturated carbocycles. The number of carbonyl (C=O) groups is 2. The average Bonchev–Trinajstić information content (AvgIpc) is 2.76. The van der Waals surface area contributed by atoms with Gasteiger partial charge in [-0.3, -0.25) is 4.79 Å². The Morgan fingerprint density at radius 2 is 2.33 bits per heavy atom. The van der Waals surface area contributed by atoms with Gasteiger partial charge in [0.25, 0.3) is 0 Å². The molecule has 1 aliphatic heterocycles. The number of nitrogens with zero attached hydrogens (tertiary/aromatic N) is 1. The first kappa shape index (κ1) is 16.9. The molecule has 2 unspecified atom stereocenters. The summed E-state index contributed by atoms with van der Waals surface area (Å²) in [4.78, 5) is 25.8. The van der Waals surface area contributed by atoms with Crippen molar-refractivity contribution in [2.24, 2.45) is 0 Å². The standard InChI is InChI=1S/C12H13Br2NO5S/c1-19-3-2-15-8(16)5-20-10(12(17)18)9(15)7-4-6(13)11(14)21-7/h4,9-10H,2-3,5H2,1H3,(H,17,18). The Kier molecular flexibility index (Phi) is 5.78. The lowest BCUT2D eigenvalue weighted by atomic mass is 10.1. The van der Waals surface area contributed by atoms with Gasteiger partial charge in [0.15, 0.2) is 6.10 Å². The first-order valence-corrected chi connectivity index (χ1v) is 8.43. The van der Waals surface area contributed by atoms with Crippen molar-refractivity contribution in [1.29, 1.82) is 0 Å². The van der Waals surface area contributed by atoms with Crippen LogP contribution in [0.5, 0.6) is 0 Å². The summed E-state index contributed by atoms with van der Waals surface area (Å²) in [7, 11) is 1.53. The quantitative estimate of drug-likeness (QED) is 0.756. The van der Waals surface area contributed by atoms with Crippen LogP contribution in [-0.2, 0) is 19.1 Å². The van der Waals surface area contributed by atoms with Crippen molar-refractivity contribution in [2.75, 3.05) is 26.9 Å². The van der Waals surface area contributed by atoms with Gasteiger partial charge in [0.2, 0.25) is 5.91 Å². The Morgan fingerprint density at radius 1 is 1.62 bits per heavy atom. The summed E-state index contributed by atoms with van der Waals surface area (Å²) >= 11 is 8.13. The second-order valence-electron chi connectivity index (χ2n) is 4.37. The molecule has 1 amide bonds. The SMILES string of the molecule is COCCN1C(=O)COC(C(=O)O)C1c1cc(Br)c(Br)s1. The number of thiophene rings is 1. The minimum Gasteiger partial charge on any atom is -0.479 e. The predicted octanol–water partition coefficient (Wildman–Crippen LogP) is 2.27. The number of carbonyl (C=O) groups excluding carboxylic acids is 1. The third-order valence-electron chi connectivity index (χ3n) is 3.06. The van der Waals surface area contributed by atoms with Crippen LogP contribution < -0.4 is 0 Å². The maximum absolute atomic E-state index is 12.1. The van der Waals surface area contributed by atoms with Crippen LogP contribution in [0, 0.1) is 0 Å². The van der Waals surface area contributed by atoms with Gasteiger partial charge in [-0.2, -0.15) is 0 Å². The molecule has 0 aliphatic carbocycles. The van der Waals surface area contributed by atoms with E-state index in [0.717, 1.165) is 13.1 Å². The summed E-state index contributed by atoms with van der Waals surface area (Å²) in [5, 5.41) is 9.36. The first-order chi connectivity index (χ1) is 9.95. The van der Waals surface area contributed by atoms with E-state index in [9.17, 15) is 14.7 Å². The Morgan fingerprint density at radius 3 is 2.86 bits per heavy atom. The molecule has 0 aromatic carbocycles. The van der Waals surface area contributed by atoms with Gasteiger partial charge in [0, 0.05) is 23.0 Å². The number of morpholine rings is 1. The molecule has 1 aromatic rings. The number of halogens is 2. The minimum atomic E-state index is -1.09. The highest BCUT2D eigenvalue weighted by molar-refractivity contribution is 9.13. The fraction of sp³-hybridized carbons (Fsp3) is 0.500. The van der Waals surface area contributed by atoms with Crippen LogP contribution in [0.3, 0.4) is 0 Å². The lowest BCUT2D eigenvalue weighted by molar-refractivity contribution is -0.173. The molecule has 0 radical (unpaired) electrons. The molecule has 1 aromatic heterocycles. The monoisotopic (exact) mass is 441 g/mol. The van der Waals surface area contributed by atoms with Crippen molar-refractivity contribution >= 4 is 55.1 Å². The maximum Gasteiger partial charge on any atom is 0.335 e. The normalized spacial score (nSPS) is 22.6. The molecular weight excluding hydrogens is 430 g/mol. The van der Waals surface area contributed by atoms with E-state index in [-0.39, 0.29) is 12.5 Å². The second kappa shape index (κ2) is 7.19. The molecule has 2 rings (SSSR count). The molecule has 1 aliphatic rings. The Hall–Kier alpha value is -0.480. The number of hydrogen-bond acceptors (Lipinski definition) is 5. The van der Waals surface area contributed by atoms with Crippen LogP contribution in [0.4, 0.5) is 0 Å². The van der Waals surface area contributed by atoms with Gasteiger partial charge in [0.05, 0.1) is 10.4 Å². The smallest absolute Gasteiger partial charge is 0.335 e. The zero-order valence-electron chi connectivity index (χ0n) is 11.0. The molecule has 0 spiro atoms. The highest BCUT2D eigenvalue weighted by atomic mass is 79.9. The molecule has 9 heteroatoms. The number of hydrogen-bond donors (Lipinski definition) is 1. The summed E-state index contributed by atoms with van der Waals surface area (Å²) in [6, 6.07) is 1.14. The predicted molar refractivity (Wildman–Crippen MR) is 83.4 cm³/mol. The molecule has 6 nitrogen and oxygen atoms in total. The van der Waals surface area contributed by atoms with Crippen molar-refractivity contribution in [3.05, 3.63) is 19.2 Å². The van der Waals surface area contributed by atoms with Gasteiger partial charge in [-0.25, -0.2) is 4.79 Å². The number of methoxy groups -OCH3 is 1. The minimum absolute atomic E-state index is 0.231. The highest BCUT2D eigenvalue weighted by Gasteiger charge is 2.42. The average molecular weight is 443 g/mol. The molecule has 0 bridgehead atoms.